The van der Waals surface area contributed by atoms with Gasteiger partial charge in [-0.3, -0.25) is 4.98 Å². The second-order valence-corrected chi connectivity index (χ2v) is 4.48. The zero-order chi connectivity index (χ0) is 12.1. The summed E-state index contributed by atoms with van der Waals surface area (Å²) in [5, 5.41) is 3.13. The van der Waals surface area contributed by atoms with Gasteiger partial charge in [-0.2, -0.15) is 0 Å². The van der Waals surface area contributed by atoms with Crippen molar-refractivity contribution in [1.29, 1.82) is 0 Å². The van der Waals surface area contributed by atoms with Crippen LogP contribution >= 0.6 is 0 Å². The summed E-state index contributed by atoms with van der Waals surface area (Å²) in [6.45, 7) is 2.91. The highest BCUT2D eigenvalue weighted by Gasteiger charge is 2.19. The number of anilines is 1. The van der Waals surface area contributed by atoms with Crippen molar-refractivity contribution in [3.05, 3.63) is 24.0 Å². The smallest absolute Gasteiger partial charge is 0.0746 e. The molecule has 1 aromatic heterocycles. The summed E-state index contributed by atoms with van der Waals surface area (Å²) in [6.07, 6.45) is 4.62. The molecule has 0 radical (unpaired) electrons. The third-order valence-electron chi connectivity index (χ3n) is 3.23. The van der Waals surface area contributed by atoms with Crippen LogP contribution < -0.4 is 10.2 Å². The molecule has 2 heterocycles. The fraction of sp³-hybridized carbons (Fsp3) is 0.615. The molecule has 94 valence electrons. The monoisotopic (exact) mass is 235 g/mol. The zero-order valence-corrected chi connectivity index (χ0v) is 10.6. The summed E-state index contributed by atoms with van der Waals surface area (Å²) in [5.74, 6) is 0. The van der Waals surface area contributed by atoms with Crippen LogP contribution in [0.15, 0.2) is 18.3 Å². The van der Waals surface area contributed by atoms with Crippen molar-refractivity contribution in [3.8, 4) is 0 Å². The van der Waals surface area contributed by atoms with E-state index in [0.717, 1.165) is 25.3 Å². The number of nitrogens with zero attached hydrogens (tertiary/aromatic N) is 2. The van der Waals surface area contributed by atoms with Gasteiger partial charge in [-0.05, 0) is 32.0 Å². The number of hydrogen-bond acceptors (Lipinski definition) is 4. The summed E-state index contributed by atoms with van der Waals surface area (Å²) < 4.78 is 5.45. The van der Waals surface area contributed by atoms with Gasteiger partial charge in [0.15, 0.2) is 0 Å². The lowest BCUT2D eigenvalue weighted by Crippen LogP contribution is -2.39. The second kappa shape index (κ2) is 5.98. The standard InChI is InChI=1S/C13H21N3O/c1-14-9-11-8-12(5-6-15-11)16-7-3-4-13(10-16)17-2/h5-6,8,13-14H,3-4,7,9-10H2,1-2H3. The van der Waals surface area contributed by atoms with Crippen LogP contribution in [0.4, 0.5) is 5.69 Å². The van der Waals surface area contributed by atoms with Crippen molar-refractivity contribution >= 4 is 5.69 Å². The van der Waals surface area contributed by atoms with Gasteiger partial charge in [0.1, 0.15) is 0 Å². The molecule has 17 heavy (non-hydrogen) atoms. The lowest BCUT2D eigenvalue weighted by Gasteiger charge is -2.33. The largest absolute Gasteiger partial charge is 0.380 e. The summed E-state index contributed by atoms with van der Waals surface area (Å²) in [4.78, 5) is 6.73. The van der Waals surface area contributed by atoms with Gasteiger partial charge in [0.25, 0.3) is 0 Å². The van der Waals surface area contributed by atoms with Crippen LogP contribution in [0.3, 0.4) is 0 Å². The lowest BCUT2D eigenvalue weighted by atomic mass is 10.1. The van der Waals surface area contributed by atoms with Gasteiger partial charge < -0.3 is 15.0 Å². The van der Waals surface area contributed by atoms with E-state index in [1.54, 1.807) is 7.11 Å². The first-order valence-electron chi connectivity index (χ1n) is 6.20. The maximum Gasteiger partial charge on any atom is 0.0746 e. The molecule has 1 saturated heterocycles. The molecule has 2 rings (SSSR count). The van der Waals surface area contributed by atoms with Crippen LogP contribution in [0.2, 0.25) is 0 Å². The highest BCUT2D eigenvalue weighted by atomic mass is 16.5. The summed E-state index contributed by atoms with van der Waals surface area (Å²) in [5.41, 5.74) is 2.34. The molecule has 4 heteroatoms. The predicted molar refractivity (Wildman–Crippen MR) is 69.2 cm³/mol. The Morgan fingerprint density at radius 3 is 3.24 bits per heavy atom. The Hall–Kier alpha value is -1.13. The first-order chi connectivity index (χ1) is 8.33. The Bertz CT molecular complexity index is 356. The van der Waals surface area contributed by atoms with E-state index in [-0.39, 0.29) is 0 Å². The molecule has 1 atom stereocenters. The number of nitrogens with one attached hydrogen (secondary N) is 1. The van der Waals surface area contributed by atoms with Gasteiger partial charge in [0, 0.05) is 38.6 Å². The maximum atomic E-state index is 5.45. The molecule has 1 aliphatic rings. The van der Waals surface area contributed by atoms with Crippen molar-refractivity contribution < 1.29 is 4.74 Å². The molecule has 0 spiro atoms. The van der Waals surface area contributed by atoms with Crippen molar-refractivity contribution in [1.82, 2.24) is 10.3 Å². The molecule has 0 aromatic carbocycles. The minimum Gasteiger partial charge on any atom is -0.380 e. The number of aromatic nitrogens is 1. The van der Waals surface area contributed by atoms with Crippen LogP contribution in [-0.2, 0) is 11.3 Å². The minimum atomic E-state index is 0.365. The maximum absolute atomic E-state index is 5.45. The number of ether oxygens (including phenoxy) is 1. The molecule has 0 aliphatic carbocycles. The van der Waals surface area contributed by atoms with Crippen molar-refractivity contribution in [2.75, 3.05) is 32.1 Å². The fourth-order valence-corrected chi connectivity index (χ4v) is 2.31. The second-order valence-electron chi connectivity index (χ2n) is 4.48. The van der Waals surface area contributed by atoms with Gasteiger partial charge >= 0.3 is 0 Å². The summed E-state index contributed by atoms with van der Waals surface area (Å²) in [7, 11) is 3.74. The Morgan fingerprint density at radius 2 is 2.47 bits per heavy atom. The van der Waals surface area contributed by atoms with E-state index in [0.29, 0.717) is 6.10 Å². The third kappa shape index (κ3) is 3.17. The lowest BCUT2D eigenvalue weighted by molar-refractivity contribution is 0.0893. The van der Waals surface area contributed by atoms with Crippen LogP contribution in [0, 0.1) is 0 Å². The van der Waals surface area contributed by atoms with Crippen LogP contribution in [0.5, 0.6) is 0 Å². The van der Waals surface area contributed by atoms with Crippen molar-refractivity contribution in [2.45, 2.75) is 25.5 Å². The molecule has 1 fully saturated rings. The number of piperidine rings is 1. The highest BCUT2D eigenvalue weighted by molar-refractivity contribution is 5.47. The van der Waals surface area contributed by atoms with Gasteiger partial charge in [-0.1, -0.05) is 0 Å². The SMILES string of the molecule is CNCc1cc(N2CCCC(OC)C2)ccn1. The van der Waals surface area contributed by atoms with Gasteiger partial charge in [-0.15, -0.1) is 0 Å². The molecule has 4 nitrogen and oxygen atoms in total. The average Bonchev–Trinajstić information content (AvgIpc) is 2.40. The van der Waals surface area contributed by atoms with Crippen LogP contribution in [-0.4, -0.2) is 38.3 Å². The average molecular weight is 235 g/mol. The van der Waals surface area contributed by atoms with E-state index in [2.05, 4.69) is 27.3 Å². The molecule has 0 saturated carbocycles. The van der Waals surface area contributed by atoms with E-state index >= 15 is 0 Å². The highest BCUT2D eigenvalue weighted by Crippen LogP contribution is 2.21. The van der Waals surface area contributed by atoms with Gasteiger partial charge in [-0.25, -0.2) is 0 Å². The van der Waals surface area contributed by atoms with E-state index in [1.165, 1.54) is 18.5 Å². The normalized spacial score (nSPS) is 20.6. The van der Waals surface area contributed by atoms with Crippen LogP contribution in [0.1, 0.15) is 18.5 Å². The van der Waals surface area contributed by atoms with E-state index in [4.69, 9.17) is 4.74 Å². The Balaban J connectivity index is 2.07. The molecule has 1 N–H and O–H groups in total. The molecule has 1 aromatic rings. The molecular formula is C13H21N3O. The molecular weight excluding hydrogens is 214 g/mol. The van der Waals surface area contributed by atoms with Gasteiger partial charge in [0.2, 0.25) is 0 Å². The number of rotatable bonds is 4. The van der Waals surface area contributed by atoms with Gasteiger partial charge in [0.05, 0.1) is 11.8 Å². The van der Waals surface area contributed by atoms with Crippen molar-refractivity contribution in [2.24, 2.45) is 0 Å². The van der Waals surface area contributed by atoms with E-state index < -0.39 is 0 Å². The summed E-state index contributed by atoms with van der Waals surface area (Å²) in [6, 6.07) is 4.24. The Labute approximate surface area is 103 Å². The quantitative estimate of drug-likeness (QED) is 0.856. The molecule has 0 amide bonds. The molecule has 1 unspecified atom stereocenters. The Kier molecular flexibility index (Phi) is 4.34. The predicted octanol–water partition coefficient (Wildman–Crippen LogP) is 1.42. The minimum absolute atomic E-state index is 0.365. The fourth-order valence-electron chi connectivity index (χ4n) is 2.31. The number of hydrogen-bond donors (Lipinski definition) is 1. The zero-order valence-electron chi connectivity index (χ0n) is 10.6. The Morgan fingerprint density at radius 1 is 1.59 bits per heavy atom. The number of pyridine rings is 1. The first kappa shape index (κ1) is 12.3. The topological polar surface area (TPSA) is 37.4 Å². The third-order valence-corrected chi connectivity index (χ3v) is 3.23. The van der Waals surface area contributed by atoms with E-state index in [1.807, 2.05) is 13.2 Å². The van der Waals surface area contributed by atoms with E-state index in [9.17, 15) is 0 Å². The molecule has 1 aliphatic heterocycles. The van der Waals surface area contributed by atoms with Crippen molar-refractivity contribution in [3.63, 3.8) is 0 Å². The van der Waals surface area contributed by atoms with Crippen LogP contribution in [0.25, 0.3) is 0 Å². The summed E-state index contributed by atoms with van der Waals surface area (Å²) >= 11 is 0. The molecule has 0 bridgehead atoms. The first-order valence-corrected chi connectivity index (χ1v) is 6.20. The number of methoxy groups -OCH3 is 1.